The number of benzene rings is 1. The molecule has 1 heterocycles. The second-order valence-electron chi connectivity index (χ2n) is 6.37. The summed E-state index contributed by atoms with van der Waals surface area (Å²) >= 11 is 1.60. The highest BCUT2D eigenvalue weighted by atomic mass is 127. The number of halogens is 1. The first-order valence-corrected chi connectivity index (χ1v) is 10.1. The fourth-order valence-corrected chi connectivity index (χ4v) is 3.49. The molecule has 1 atom stereocenters. The van der Waals surface area contributed by atoms with Gasteiger partial charge in [-0.3, -0.25) is 9.79 Å². The molecule has 2 N–H and O–H groups in total. The number of methoxy groups -OCH3 is 1. The first kappa shape index (κ1) is 25.3. The molecule has 29 heavy (non-hydrogen) atoms. The van der Waals surface area contributed by atoms with Gasteiger partial charge in [0.25, 0.3) is 5.91 Å². The topological polar surface area (TPSA) is 78.9 Å². The Kier molecular flexibility index (Phi) is 11.1. The van der Waals surface area contributed by atoms with E-state index in [-0.39, 0.29) is 36.0 Å². The van der Waals surface area contributed by atoms with E-state index in [9.17, 15) is 4.79 Å². The van der Waals surface area contributed by atoms with Gasteiger partial charge in [-0.25, -0.2) is 4.98 Å². The van der Waals surface area contributed by atoms with Crippen LogP contribution in [0, 0.1) is 0 Å². The summed E-state index contributed by atoms with van der Waals surface area (Å²) in [7, 11) is 5.41. The largest absolute Gasteiger partial charge is 0.375 e. The molecule has 1 aromatic carbocycles. The lowest BCUT2D eigenvalue weighted by Crippen LogP contribution is -2.38. The first-order chi connectivity index (χ1) is 13.5. The van der Waals surface area contributed by atoms with Gasteiger partial charge in [0.1, 0.15) is 11.1 Å². The van der Waals surface area contributed by atoms with E-state index < -0.39 is 0 Å². The second kappa shape index (κ2) is 12.8. The Labute approximate surface area is 194 Å². The molecule has 0 saturated heterocycles. The zero-order valence-corrected chi connectivity index (χ0v) is 20.7. The fourth-order valence-electron chi connectivity index (χ4n) is 2.65. The van der Waals surface area contributed by atoms with Gasteiger partial charge in [0.2, 0.25) is 0 Å². The van der Waals surface area contributed by atoms with Crippen molar-refractivity contribution in [2.75, 3.05) is 27.7 Å². The van der Waals surface area contributed by atoms with Gasteiger partial charge in [0, 0.05) is 45.2 Å². The van der Waals surface area contributed by atoms with Crippen LogP contribution < -0.4 is 10.6 Å². The van der Waals surface area contributed by atoms with Crippen LogP contribution in [0.4, 0.5) is 0 Å². The van der Waals surface area contributed by atoms with Gasteiger partial charge in [0.15, 0.2) is 5.96 Å². The number of nitrogens with zero attached hydrogens (tertiary/aromatic N) is 3. The predicted molar refractivity (Wildman–Crippen MR) is 129 cm³/mol. The van der Waals surface area contributed by atoms with Crippen LogP contribution in [0.25, 0.3) is 0 Å². The summed E-state index contributed by atoms with van der Waals surface area (Å²) < 4.78 is 5.32. The van der Waals surface area contributed by atoms with Crippen LogP contribution in [0.3, 0.4) is 0 Å². The lowest BCUT2D eigenvalue weighted by atomic mass is 10.1. The van der Waals surface area contributed by atoms with Crippen molar-refractivity contribution in [1.82, 2.24) is 20.5 Å². The van der Waals surface area contributed by atoms with Crippen molar-refractivity contribution in [3.8, 4) is 0 Å². The summed E-state index contributed by atoms with van der Waals surface area (Å²) in [6, 6.07) is 7.59. The van der Waals surface area contributed by atoms with E-state index in [1.165, 1.54) is 0 Å². The normalized spacial score (nSPS) is 12.1. The van der Waals surface area contributed by atoms with Crippen molar-refractivity contribution >= 4 is 47.2 Å². The molecule has 0 bridgehead atoms. The van der Waals surface area contributed by atoms with Gasteiger partial charge in [-0.1, -0.05) is 12.1 Å². The number of amides is 1. The molecular formula is C20H30IN5O2S. The molecule has 1 amide bonds. The Bertz CT molecular complexity index is 812. The third-order valence-corrected chi connectivity index (χ3v) is 5.28. The molecule has 160 valence electrons. The zero-order chi connectivity index (χ0) is 20.5. The van der Waals surface area contributed by atoms with Gasteiger partial charge in [-0.05, 0) is 31.5 Å². The molecule has 9 heteroatoms. The molecule has 0 aliphatic rings. The van der Waals surface area contributed by atoms with Gasteiger partial charge >= 0.3 is 0 Å². The summed E-state index contributed by atoms with van der Waals surface area (Å²) in [5, 5.41) is 9.17. The Balaban J connectivity index is 0.00000420. The van der Waals surface area contributed by atoms with E-state index in [2.05, 4.69) is 20.6 Å². The molecule has 0 radical (unpaired) electrons. The Morgan fingerprint density at radius 2 is 2.14 bits per heavy atom. The minimum atomic E-state index is -0.0597. The maximum Gasteiger partial charge on any atom is 0.251 e. The van der Waals surface area contributed by atoms with Crippen LogP contribution in [-0.2, 0) is 17.8 Å². The number of carbonyl (C=O) groups excluding carboxylic acids is 1. The van der Waals surface area contributed by atoms with Crippen molar-refractivity contribution in [3.63, 3.8) is 0 Å². The maximum absolute atomic E-state index is 12.0. The van der Waals surface area contributed by atoms with Gasteiger partial charge in [-0.2, -0.15) is 0 Å². The van der Waals surface area contributed by atoms with Crippen LogP contribution in [0.5, 0.6) is 0 Å². The number of carbonyl (C=O) groups is 1. The lowest BCUT2D eigenvalue weighted by Gasteiger charge is -2.21. The quantitative estimate of drug-likeness (QED) is 0.310. The predicted octanol–water partition coefficient (Wildman–Crippen LogP) is 3.43. The van der Waals surface area contributed by atoms with Gasteiger partial charge in [0.05, 0.1) is 12.2 Å². The second-order valence-corrected chi connectivity index (χ2v) is 7.26. The number of hydrogen-bond acceptors (Lipinski definition) is 5. The van der Waals surface area contributed by atoms with Crippen LogP contribution >= 0.6 is 35.3 Å². The van der Waals surface area contributed by atoms with Gasteiger partial charge in [-0.15, -0.1) is 35.3 Å². The highest BCUT2D eigenvalue weighted by Gasteiger charge is 2.13. The van der Waals surface area contributed by atoms with E-state index in [1.807, 2.05) is 55.4 Å². The Hall–Kier alpha value is -1.72. The van der Waals surface area contributed by atoms with Crippen molar-refractivity contribution < 1.29 is 9.53 Å². The summed E-state index contributed by atoms with van der Waals surface area (Å²) in [6.07, 6.45) is -0.00122. The summed E-state index contributed by atoms with van der Waals surface area (Å²) in [6.45, 7) is 5.73. The molecule has 7 nitrogen and oxygen atoms in total. The molecule has 0 spiro atoms. The minimum Gasteiger partial charge on any atom is -0.375 e. The minimum absolute atomic E-state index is 0. The van der Waals surface area contributed by atoms with Crippen LogP contribution in [0.15, 0.2) is 34.6 Å². The third kappa shape index (κ3) is 7.56. The number of guanidine groups is 1. The molecule has 2 rings (SSSR count). The van der Waals surface area contributed by atoms with Crippen LogP contribution in [0.2, 0.25) is 0 Å². The van der Waals surface area contributed by atoms with E-state index in [4.69, 9.17) is 4.74 Å². The third-order valence-electron chi connectivity index (χ3n) is 4.22. The molecular weight excluding hydrogens is 501 g/mol. The number of thiazole rings is 1. The summed E-state index contributed by atoms with van der Waals surface area (Å²) in [5.74, 6) is 0.702. The highest BCUT2D eigenvalue weighted by Crippen LogP contribution is 2.20. The molecule has 0 saturated carbocycles. The Morgan fingerprint density at radius 1 is 1.38 bits per heavy atom. The number of hydrogen-bond donors (Lipinski definition) is 2. The lowest BCUT2D eigenvalue weighted by molar-refractivity contribution is 0.0955. The van der Waals surface area contributed by atoms with Crippen LogP contribution in [-0.4, -0.2) is 49.5 Å². The van der Waals surface area contributed by atoms with Gasteiger partial charge < -0.3 is 20.3 Å². The monoisotopic (exact) mass is 531 g/mol. The summed E-state index contributed by atoms with van der Waals surface area (Å²) in [4.78, 5) is 23.0. The zero-order valence-electron chi connectivity index (χ0n) is 17.6. The molecule has 0 fully saturated rings. The van der Waals surface area contributed by atoms with Crippen molar-refractivity contribution in [3.05, 3.63) is 51.5 Å². The fraction of sp³-hybridized carbons (Fsp3) is 0.450. The van der Waals surface area contributed by atoms with E-state index in [1.54, 1.807) is 25.5 Å². The molecule has 2 aromatic rings. The average Bonchev–Trinajstić information content (AvgIpc) is 3.16. The number of aromatic nitrogens is 1. The maximum atomic E-state index is 12.0. The van der Waals surface area contributed by atoms with Crippen molar-refractivity contribution in [2.24, 2.45) is 4.99 Å². The SMILES string of the molecule is CCNC(=O)c1cccc(CNC(=NC)N(C)Cc2csc(C(C)OC)n2)c1.I. The smallest absolute Gasteiger partial charge is 0.251 e. The van der Waals surface area contributed by atoms with Crippen LogP contribution in [0.1, 0.15) is 46.6 Å². The van der Waals surface area contributed by atoms with E-state index in [0.717, 1.165) is 22.2 Å². The summed E-state index contributed by atoms with van der Waals surface area (Å²) in [5.41, 5.74) is 2.66. The Morgan fingerprint density at radius 3 is 2.79 bits per heavy atom. The van der Waals surface area contributed by atoms with E-state index in [0.29, 0.717) is 25.2 Å². The molecule has 1 aromatic heterocycles. The highest BCUT2D eigenvalue weighted by molar-refractivity contribution is 14.0. The molecule has 1 unspecified atom stereocenters. The standard InChI is InChI=1S/C20H29N5O2S.HI/c1-6-22-18(26)16-9-7-8-15(10-16)11-23-20(21-3)25(4)12-17-13-28-19(24-17)14(2)27-5;/h7-10,13-14H,6,11-12H2,1-5H3,(H,21,23)(H,22,26);1H. The number of nitrogens with one attached hydrogen (secondary N) is 2. The molecule has 0 aliphatic heterocycles. The number of ether oxygens (including phenoxy) is 1. The first-order valence-electron chi connectivity index (χ1n) is 9.24. The van der Waals surface area contributed by atoms with Crippen molar-refractivity contribution in [1.29, 1.82) is 0 Å². The molecule has 0 aliphatic carbocycles. The van der Waals surface area contributed by atoms with Crippen molar-refractivity contribution in [2.45, 2.75) is 33.0 Å². The number of rotatable bonds is 8. The van der Waals surface area contributed by atoms with E-state index >= 15 is 0 Å². The average molecular weight is 531 g/mol. The number of aliphatic imine (C=N–C) groups is 1.